The van der Waals surface area contributed by atoms with E-state index in [1.807, 2.05) is 0 Å². The Morgan fingerprint density at radius 2 is 1.95 bits per heavy atom. The molecule has 1 aliphatic rings. The molecule has 0 spiro atoms. The average molecular weight is 321 g/mol. The summed E-state index contributed by atoms with van der Waals surface area (Å²) in [6.07, 6.45) is 2.95. The van der Waals surface area contributed by atoms with Crippen molar-refractivity contribution < 1.29 is 18.3 Å². The Bertz CT molecular complexity index is 494. The number of halogens is 3. The topological polar surface area (TPSA) is 64.4 Å². The predicted octanol–water partition coefficient (Wildman–Crippen LogP) is 2.25. The van der Waals surface area contributed by atoms with Crippen LogP contribution >= 0.6 is 12.4 Å². The molecule has 1 amide bonds. The van der Waals surface area contributed by atoms with E-state index in [1.54, 1.807) is 0 Å². The molecule has 118 valence electrons. The van der Waals surface area contributed by atoms with Gasteiger partial charge >= 0.3 is 0 Å². The molecule has 1 aromatic carbocycles. The monoisotopic (exact) mass is 320 g/mol. The van der Waals surface area contributed by atoms with Crippen LogP contribution in [0.1, 0.15) is 29.6 Å². The van der Waals surface area contributed by atoms with Gasteiger partial charge in [-0.15, -0.1) is 12.4 Å². The highest BCUT2D eigenvalue weighted by molar-refractivity contribution is 5.93. The lowest BCUT2D eigenvalue weighted by molar-refractivity contribution is 0.0996. The van der Waals surface area contributed by atoms with Crippen molar-refractivity contribution in [2.24, 2.45) is 11.7 Å². The second-order valence-electron chi connectivity index (χ2n) is 4.96. The lowest BCUT2D eigenvalue weighted by atomic mass is 9.95. The van der Waals surface area contributed by atoms with Gasteiger partial charge in [-0.2, -0.15) is 0 Å². The van der Waals surface area contributed by atoms with Gasteiger partial charge in [-0.05, 0) is 44.3 Å². The molecule has 0 aliphatic carbocycles. The quantitative estimate of drug-likeness (QED) is 0.874. The summed E-state index contributed by atoms with van der Waals surface area (Å²) >= 11 is 0. The highest BCUT2D eigenvalue weighted by Gasteiger charge is 2.16. The molecule has 1 saturated heterocycles. The fourth-order valence-corrected chi connectivity index (χ4v) is 2.33. The summed E-state index contributed by atoms with van der Waals surface area (Å²) in [5.41, 5.74) is 4.47. The molecule has 0 unspecified atom stereocenters. The molecule has 0 atom stereocenters. The van der Waals surface area contributed by atoms with Gasteiger partial charge in [-0.1, -0.05) is 0 Å². The molecule has 1 heterocycles. The number of ether oxygens (including phenoxy) is 1. The minimum Gasteiger partial charge on any atom is -0.490 e. The molecule has 1 fully saturated rings. The van der Waals surface area contributed by atoms with E-state index >= 15 is 0 Å². The zero-order chi connectivity index (χ0) is 14.5. The van der Waals surface area contributed by atoms with Crippen LogP contribution in [0.15, 0.2) is 12.1 Å². The number of nitrogens with one attached hydrogen (secondary N) is 1. The summed E-state index contributed by atoms with van der Waals surface area (Å²) in [6.45, 7) is 2.30. The van der Waals surface area contributed by atoms with Crippen molar-refractivity contribution in [1.82, 2.24) is 5.32 Å². The Hall–Kier alpha value is -1.40. The predicted molar refractivity (Wildman–Crippen MR) is 77.8 cm³/mol. The lowest BCUT2D eigenvalue weighted by Gasteiger charge is -2.22. The van der Waals surface area contributed by atoms with E-state index in [-0.39, 0.29) is 18.2 Å². The zero-order valence-corrected chi connectivity index (χ0v) is 12.3. The van der Waals surface area contributed by atoms with Gasteiger partial charge in [-0.3, -0.25) is 4.79 Å². The molecule has 1 aromatic rings. The van der Waals surface area contributed by atoms with Crippen LogP contribution < -0.4 is 15.8 Å². The third kappa shape index (κ3) is 4.82. The second kappa shape index (κ2) is 8.14. The van der Waals surface area contributed by atoms with Crippen molar-refractivity contribution >= 4 is 18.3 Å². The first-order valence-corrected chi connectivity index (χ1v) is 6.70. The first-order chi connectivity index (χ1) is 9.58. The van der Waals surface area contributed by atoms with Crippen molar-refractivity contribution in [3.05, 3.63) is 29.3 Å². The largest absolute Gasteiger partial charge is 0.490 e. The fraction of sp³-hybridized carbons (Fsp3) is 0.500. The normalized spacial score (nSPS) is 15.3. The molecule has 0 aromatic heterocycles. The summed E-state index contributed by atoms with van der Waals surface area (Å²) in [6, 6.07) is 1.65. The number of amides is 1. The Balaban J connectivity index is 0.00000220. The third-order valence-electron chi connectivity index (χ3n) is 3.53. The van der Waals surface area contributed by atoms with Crippen molar-refractivity contribution in [3.63, 3.8) is 0 Å². The Kier molecular flexibility index (Phi) is 6.84. The molecule has 2 rings (SSSR count). The fourth-order valence-electron chi connectivity index (χ4n) is 2.33. The van der Waals surface area contributed by atoms with Gasteiger partial charge in [0, 0.05) is 6.07 Å². The Labute approximate surface area is 128 Å². The minimum atomic E-state index is -0.998. The number of nitrogens with two attached hydrogens (primary N) is 1. The van der Waals surface area contributed by atoms with Crippen molar-refractivity contribution in [2.45, 2.75) is 19.3 Å². The van der Waals surface area contributed by atoms with E-state index in [4.69, 9.17) is 10.5 Å². The van der Waals surface area contributed by atoms with Crippen LogP contribution in [0.5, 0.6) is 5.75 Å². The molecule has 21 heavy (non-hydrogen) atoms. The molecule has 4 nitrogen and oxygen atoms in total. The van der Waals surface area contributed by atoms with Gasteiger partial charge in [0.1, 0.15) is 5.82 Å². The zero-order valence-electron chi connectivity index (χ0n) is 11.5. The van der Waals surface area contributed by atoms with Crippen LogP contribution in [0.2, 0.25) is 0 Å². The first kappa shape index (κ1) is 17.7. The van der Waals surface area contributed by atoms with Gasteiger partial charge in [0.05, 0.1) is 12.2 Å². The van der Waals surface area contributed by atoms with Crippen LogP contribution in [-0.4, -0.2) is 25.6 Å². The first-order valence-electron chi connectivity index (χ1n) is 6.70. The number of benzene rings is 1. The van der Waals surface area contributed by atoms with E-state index < -0.39 is 23.1 Å². The Morgan fingerprint density at radius 3 is 2.57 bits per heavy atom. The maximum atomic E-state index is 13.6. The Morgan fingerprint density at radius 1 is 1.29 bits per heavy atom. The van der Waals surface area contributed by atoms with Crippen LogP contribution in [-0.2, 0) is 0 Å². The highest BCUT2D eigenvalue weighted by Crippen LogP contribution is 2.23. The number of carbonyl (C=O) groups excluding carboxylic acids is 1. The smallest absolute Gasteiger partial charge is 0.251 e. The summed E-state index contributed by atoms with van der Waals surface area (Å²) < 4.78 is 32.4. The van der Waals surface area contributed by atoms with E-state index in [9.17, 15) is 13.6 Å². The summed E-state index contributed by atoms with van der Waals surface area (Å²) in [5, 5.41) is 3.26. The molecule has 7 heteroatoms. The summed E-state index contributed by atoms with van der Waals surface area (Å²) in [7, 11) is 0. The number of hydrogen-bond acceptors (Lipinski definition) is 3. The lowest BCUT2D eigenvalue weighted by Crippen LogP contribution is -2.28. The average Bonchev–Trinajstić information content (AvgIpc) is 2.43. The van der Waals surface area contributed by atoms with Crippen LogP contribution in [0.3, 0.4) is 0 Å². The van der Waals surface area contributed by atoms with Crippen molar-refractivity contribution in [1.29, 1.82) is 0 Å². The minimum absolute atomic E-state index is 0. The van der Waals surface area contributed by atoms with Gasteiger partial charge in [0.2, 0.25) is 0 Å². The maximum absolute atomic E-state index is 13.6. The SMILES string of the molecule is Cl.NC(=O)c1cc(F)c(OCCC2CCNCC2)cc1F. The second-order valence-corrected chi connectivity index (χ2v) is 4.96. The van der Waals surface area contributed by atoms with Gasteiger partial charge in [0.15, 0.2) is 11.6 Å². The van der Waals surface area contributed by atoms with Gasteiger partial charge < -0.3 is 15.8 Å². The van der Waals surface area contributed by atoms with E-state index in [0.717, 1.165) is 44.5 Å². The van der Waals surface area contributed by atoms with Crippen molar-refractivity contribution in [3.8, 4) is 5.75 Å². The van der Waals surface area contributed by atoms with Crippen LogP contribution in [0.4, 0.5) is 8.78 Å². The molecule has 0 bridgehead atoms. The maximum Gasteiger partial charge on any atom is 0.251 e. The molecular weight excluding hydrogens is 302 g/mol. The van der Waals surface area contributed by atoms with Crippen molar-refractivity contribution in [2.75, 3.05) is 19.7 Å². The number of piperidine rings is 1. The molecule has 0 radical (unpaired) electrons. The summed E-state index contributed by atoms with van der Waals surface area (Å²) in [5.74, 6) is -2.26. The third-order valence-corrected chi connectivity index (χ3v) is 3.53. The highest BCUT2D eigenvalue weighted by atomic mass is 35.5. The van der Waals surface area contributed by atoms with E-state index in [1.165, 1.54) is 0 Å². The molecule has 0 saturated carbocycles. The molecule has 3 N–H and O–H groups in total. The number of primary amides is 1. The molecular formula is C14H19ClF2N2O2. The van der Waals surface area contributed by atoms with Gasteiger partial charge in [-0.25, -0.2) is 8.78 Å². The molecule has 1 aliphatic heterocycles. The van der Waals surface area contributed by atoms with Gasteiger partial charge in [0.25, 0.3) is 5.91 Å². The van der Waals surface area contributed by atoms with E-state index in [0.29, 0.717) is 12.5 Å². The number of rotatable bonds is 5. The number of carbonyl (C=O) groups is 1. The standard InChI is InChI=1S/C14H18F2N2O2.ClH/c15-11-8-13(12(16)7-10(11)14(17)19)20-6-3-9-1-4-18-5-2-9;/h7-9,18H,1-6H2,(H2,17,19);1H. The summed E-state index contributed by atoms with van der Waals surface area (Å²) in [4.78, 5) is 10.9. The van der Waals surface area contributed by atoms with Crippen LogP contribution in [0.25, 0.3) is 0 Å². The van der Waals surface area contributed by atoms with Crippen LogP contribution in [0, 0.1) is 17.6 Å². The number of hydrogen-bond donors (Lipinski definition) is 2. The van der Waals surface area contributed by atoms with E-state index in [2.05, 4.69) is 5.32 Å².